The molecule has 78 valence electrons. The van der Waals surface area contributed by atoms with E-state index in [0.717, 1.165) is 12.8 Å². The minimum atomic E-state index is -0.883. The van der Waals surface area contributed by atoms with Crippen LogP contribution in [0.15, 0.2) is 0 Å². The molecule has 0 aromatic carbocycles. The molecule has 0 aromatic heterocycles. The van der Waals surface area contributed by atoms with E-state index in [9.17, 15) is 4.79 Å². The van der Waals surface area contributed by atoms with Gasteiger partial charge in [-0.2, -0.15) is 0 Å². The van der Waals surface area contributed by atoms with Gasteiger partial charge in [-0.25, -0.2) is 4.79 Å². The van der Waals surface area contributed by atoms with Crippen molar-refractivity contribution in [2.45, 2.75) is 45.4 Å². The van der Waals surface area contributed by atoms with Crippen LogP contribution in [0.25, 0.3) is 0 Å². The van der Waals surface area contributed by atoms with Crippen LogP contribution >= 0.6 is 0 Å². The Labute approximate surface area is 80.1 Å². The molecule has 0 aliphatic rings. The molecular formula is C10H20O3. The standard InChI is InChI=1S/C10H20O3/c1-2-3-4-5-6-7-8-13-9-10(11)12/h2-9H2,1H3,(H,11,12). The first-order valence-corrected chi connectivity index (χ1v) is 5.07. The van der Waals surface area contributed by atoms with Crippen LogP contribution in [0.5, 0.6) is 0 Å². The first-order chi connectivity index (χ1) is 6.27. The Bertz CT molecular complexity index is 123. The minimum absolute atomic E-state index is 0.158. The zero-order valence-corrected chi connectivity index (χ0v) is 8.42. The van der Waals surface area contributed by atoms with Gasteiger partial charge in [0.05, 0.1) is 0 Å². The summed E-state index contributed by atoms with van der Waals surface area (Å²) in [7, 11) is 0. The Kier molecular flexibility index (Phi) is 9.10. The number of ether oxygens (including phenoxy) is 1. The second-order valence-corrected chi connectivity index (χ2v) is 3.21. The molecule has 0 rings (SSSR count). The first-order valence-electron chi connectivity index (χ1n) is 5.07. The van der Waals surface area contributed by atoms with Crippen LogP contribution in [-0.4, -0.2) is 24.3 Å². The zero-order chi connectivity index (χ0) is 9.94. The van der Waals surface area contributed by atoms with E-state index < -0.39 is 5.97 Å². The van der Waals surface area contributed by atoms with E-state index in [-0.39, 0.29) is 6.61 Å². The highest BCUT2D eigenvalue weighted by atomic mass is 16.5. The second-order valence-electron chi connectivity index (χ2n) is 3.21. The lowest BCUT2D eigenvalue weighted by molar-refractivity contribution is -0.142. The van der Waals surface area contributed by atoms with E-state index in [4.69, 9.17) is 9.84 Å². The van der Waals surface area contributed by atoms with Crippen molar-refractivity contribution in [1.29, 1.82) is 0 Å². The molecule has 0 fully saturated rings. The summed E-state index contributed by atoms with van der Waals surface area (Å²) in [4.78, 5) is 10.0. The summed E-state index contributed by atoms with van der Waals surface area (Å²) in [6.45, 7) is 2.61. The lowest BCUT2D eigenvalue weighted by atomic mass is 10.1. The molecule has 0 aliphatic carbocycles. The number of carboxylic acid groups (broad SMARTS) is 1. The van der Waals surface area contributed by atoms with E-state index in [1.54, 1.807) is 0 Å². The maximum absolute atomic E-state index is 10.0. The Morgan fingerprint density at radius 2 is 1.77 bits per heavy atom. The van der Waals surface area contributed by atoms with Crippen molar-refractivity contribution in [2.24, 2.45) is 0 Å². The molecule has 0 bridgehead atoms. The van der Waals surface area contributed by atoms with Gasteiger partial charge in [0.1, 0.15) is 6.61 Å². The van der Waals surface area contributed by atoms with E-state index >= 15 is 0 Å². The zero-order valence-electron chi connectivity index (χ0n) is 8.42. The smallest absolute Gasteiger partial charge is 0.329 e. The van der Waals surface area contributed by atoms with Gasteiger partial charge in [0.2, 0.25) is 0 Å². The molecule has 1 N–H and O–H groups in total. The highest BCUT2D eigenvalue weighted by molar-refractivity contribution is 5.67. The van der Waals surface area contributed by atoms with Crippen molar-refractivity contribution < 1.29 is 14.6 Å². The van der Waals surface area contributed by atoms with Crippen molar-refractivity contribution in [2.75, 3.05) is 13.2 Å². The number of hydrogen-bond donors (Lipinski definition) is 1. The molecule has 0 radical (unpaired) electrons. The van der Waals surface area contributed by atoms with Crippen molar-refractivity contribution in [3.63, 3.8) is 0 Å². The van der Waals surface area contributed by atoms with Crippen molar-refractivity contribution in [3.8, 4) is 0 Å². The second kappa shape index (κ2) is 9.52. The van der Waals surface area contributed by atoms with Gasteiger partial charge in [-0.1, -0.05) is 39.0 Å². The lowest BCUT2D eigenvalue weighted by Crippen LogP contribution is -2.07. The topological polar surface area (TPSA) is 46.5 Å². The van der Waals surface area contributed by atoms with Gasteiger partial charge in [0.15, 0.2) is 0 Å². The summed E-state index contributed by atoms with van der Waals surface area (Å²) < 4.78 is 4.90. The molecular weight excluding hydrogens is 168 g/mol. The van der Waals surface area contributed by atoms with E-state index in [1.807, 2.05) is 0 Å². The van der Waals surface area contributed by atoms with Gasteiger partial charge in [0.25, 0.3) is 0 Å². The van der Waals surface area contributed by atoms with Crippen molar-refractivity contribution in [1.82, 2.24) is 0 Å². The summed E-state index contributed by atoms with van der Waals surface area (Å²) in [5.41, 5.74) is 0. The van der Waals surface area contributed by atoms with Crippen LogP contribution in [0.2, 0.25) is 0 Å². The molecule has 0 aliphatic heterocycles. The van der Waals surface area contributed by atoms with Crippen molar-refractivity contribution in [3.05, 3.63) is 0 Å². The lowest BCUT2D eigenvalue weighted by Gasteiger charge is -2.01. The highest BCUT2D eigenvalue weighted by Crippen LogP contribution is 2.04. The Morgan fingerprint density at radius 1 is 1.15 bits per heavy atom. The van der Waals surface area contributed by atoms with Gasteiger partial charge in [-0.3, -0.25) is 0 Å². The van der Waals surface area contributed by atoms with Crippen LogP contribution < -0.4 is 0 Å². The molecule has 0 spiro atoms. The number of carboxylic acids is 1. The van der Waals surface area contributed by atoms with Crippen molar-refractivity contribution >= 4 is 5.97 Å². The number of rotatable bonds is 9. The predicted molar refractivity (Wildman–Crippen MR) is 51.8 cm³/mol. The molecule has 0 unspecified atom stereocenters. The van der Waals surface area contributed by atoms with E-state index in [0.29, 0.717) is 6.61 Å². The molecule has 0 saturated carbocycles. The molecule has 0 atom stereocenters. The van der Waals surface area contributed by atoms with Crippen LogP contribution in [0.4, 0.5) is 0 Å². The Balaban J connectivity index is 2.87. The SMILES string of the molecule is CCCCCCCCOCC(=O)O. The largest absolute Gasteiger partial charge is 0.480 e. The third-order valence-corrected chi connectivity index (χ3v) is 1.87. The summed E-state index contributed by atoms with van der Waals surface area (Å²) in [6, 6.07) is 0. The monoisotopic (exact) mass is 188 g/mol. The molecule has 3 heteroatoms. The van der Waals surface area contributed by atoms with E-state index in [1.165, 1.54) is 25.7 Å². The van der Waals surface area contributed by atoms with Crippen LogP contribution in [0.3, 0.4) is 0 Å². The van der Waals surface area contributed by atoms with Crippen LogP contribution in [0, 0.1) is 0 Å². The quantitative estimate of drug-likeness (QED) is 0.565. The van der Waals surface area contributed by atoms with Gasteiger partial charge in [-0.15, -0.1) is 0 Å². The maximum Gasteiger partial charge on any atom is 0.329 e. The number of aliphatic carboxylic acids is 1. The van der Waals surface area contributed by atoms with E-state index in [2.05, 4.69) is 6.92 Å². The molecule has 13 heavy (non-hydrogen) atoms. The predicted octanol–water partition coefficient (Wildman–Crippen LogP) is 2.45. The minimum Gasteiger partial charge on any atom is -0.480 e. The average Bonchev–Trinajstić information content (AvgIpc) is 2.09. The van der Waals surface area contributed by atoms with Gasteiger partial charge >= 0.3 is 5.97 Å². The third-order valence-electron chi connectivity index (χ3n) is 1.87. The molecule has 0 amide bonds. The summed E-state index contributed by atoms with van der Waals surface area (Å²) in [6.07, 6.45) is 7.22. The number of unbranched alkanes of at least 4 members (excludes halogenated alkanes) is 5. The Morgan fingerprint density at radius 3 is 2.38 bits per heavy atom. The molecule has 0 saturated heterocycles. The highest BCUT2D eigenvalue weighted by Gasteiger charge is 1.95. The Hall–Kier alpha value is -0.570. The third kappa shape index (κ3) is 11.4. The molecule has 3 nitrogen and oxygen atoms in total. The summed E-state index contributed by atoms with van der Waals surface area (Å²) >= 11 is 0. The fraction of sp³-hybridized carbons (Fsp3) is 0.900. The fourth-order valence-corrected chi connectivity index (χ4v) is 1.14. The average molecular weight is 188 g/mol. The maximum atomic E-state index is 10.0. The van der Waals surface area contributed by atoms with Gasteiger partial charge in [0, 0.05) is 6.61 Å². The number of hydrogen-bond acceptors (Lipinski definition) is 2. The normalized spacial score (nSPS) is 10.2. The fourth-order valence-electron chi connectivity index (χ4n) is 1.14. The summed E-state index contributed by atoms with van der Waals surface area (Å²) in [5, 5.41) is 8.26. The molecule has 0 heterocycles. The first kappa shape index (κ1) is 12.4. The number of carbonyl (C=O) groups is 1. The van der Waals surface area contributed by atoms with Gasteiger partial charge in [-0.05, 0) is 6.42 Å². The summed E-state index contributed by atoms with van der Waals surface area (Å²) in [5.74, 6) is -0.883. The van der Waals surface area contributed by atoms with Crippen LogP contribution in [-0.2, 0) is 9.53 Å². The molecule has 0 aromatic rings. The van der Waals surface area contributed by atoms with Crippen LogP contribution in [0.1, 0.15) is 45.4 Å². The van der Waals surface area contributed by atoms with Gasteiger partial charge < -0.3 is 9.84 Å².